The molecule has 0 spiro atoms. The number of imidazole rings is 1. The van der Waals surface area contributed by atoms with Crippen molar-refractivity contribution in [1.82, 2.24) is 9.38 Å². The van der Waals surface area contributed by atoms with Gasteiger partial charge in [-0.15, -0.1) is 0 Å². The largest absolute Gasteiger partial charge is 0.478 e. The van der Waals surface area contributed by atoms with E-state index in [9.17, 15) is 14.7 Å². The Kier molecular flexibility index (Phi) is 3.18. The number of carbonyl (C=O) groups is 1. The highest BCUT2D eigenvalue weighted by atomic mass is 16.4. The number of aryl methyl sites for hydroxylation is 1. The number of carboxylic acid groups (broad SMARTS) is 1. The zero-order chi connectivity index (χ0) is 17.7. The summed E-state index contributed by atoms with van der Waals surface area (Å²) in [6.07, 6.45) is 3.16. The van der Waals surface area contributed by atoms with Crippen LogP contribution < -0.4 is 10.8 Å². The van der Waals surface area contributed by atoms with Crippen molar-refractivity contribution >= 4 is 39.5 Å². The molecule has 2 aromatic heterocycles. The lowest BCUT2D eigenvalue weighted by molar-refractivity contribution is 0.0696. The lowest BCUT2D eigenvalue weighted by Crippen LogP contribution is -2.32. The molecule has 0 saturated heterocycles. The van der Waals surface area contributed by atoms with Gasteiger partial charge in [0.2, 0.25) is 0 Å². The first kappa shape index (κ1) is 15.1. The van der Waals surface area contributed by atoms with Gasteiger partial charge < -0.3 is 5.11 Å². The molecule has 0 amide bonds. The zero-order valence-electron chi connectivity index (χ0n) is 13.5. The molecule has 2 aromatic carbocycles. The summed E-state index contributed by atoms with van der Waals surface area (Å²) < 4.78 is 1.58. The van der Waals surface area contributed by atoms with Crippen molar-refractivity contribution in [2.45, 2.75) is 6.92 Å². The van der Waals surface area contributed by atoms with Crippen LogP contribution in [0.4, 0.5) is 0 Å². The van der Waals surface area contributed by atoms with Crippen LogP contribution in [0.5, 0.6) is 0 Å². The lowest BCUT2D eigenvalue weighted by Gasteiger charge is -2.08. The highest BCUT2D eigenvalue weighted by Crippen LogP contribution is 2.24. The Hall–Kier alpha value is -3.47. The predicted octanol–water partition coefficient (Wildman–Crippen LogP) is 2.69. The molecular weight excluding hydrogens is 316 g/mol. The van der Waals surface area contributed by atoms with Crippen LogP contribution in [0.1, 0.15) is 15.9 Å². The number of fused-ring (bicyclic) bond motifs is 5. The fourth-order valence-corrected chi connectivity index (χ4v) is 3.39. The first-order chi connectivity index (χ1) is 12.0. The standard InChI is InChI=1S/C20H14N2O3/c1-3-6-14-17-11(2)12(20(24)25)9-10-13(17)18-21-15-7-4-5-8-16(15)22(18)19(14)23/h3-10H,1H2,2H3,(H,24,25)/b14-6+. The van der Waals surface area contributed by atoms with Crippen molar-refractivity contribution in [2.24, 2.45) is 0 Å². The van der Waals surface area contributed by atoms with Crippen molar-refractivity contribution in [3.63, 3.8) is 0 Å². The molecule has 2 heterocycles. The molecular formula is C20H14N2O3. The van der Waals surface area contributed by atoms with Crippen LogP contribution in [0.3, 0.4) is 0 Å². The lowest BCUT2D eigenvalue weighted by atomic mass is 9.99. The third kappa shape index (κ3) is 1.99. The minimum absolute atomic E-state index is 0.172. The highest BCUT2D eigenvalue weighted by Gasteiger charge is 2.17. The van der Waals surface area contributed by atoms with Crippen molar-refractivity contribution < 1.29 is 9.90 Å². The van der Waals surface area contributed by atoms with Gasteiger partial charge in [0, 0.05) is 16.0 Å². The molecule has 0 fully saturated rings. The predicted molar refractivity (Wildman–Crippen MR) is 98.1 cm³/mol. The second kappa shape index (κ2) is 5.27. The van der Waals surface area contributed by atoms with Crippen LogP contribution in [0.2, 0.25) is 0 Å². The van der Waals surface area contributed by atoms with Gasteiger partial charge >= 0.3 is 5.97 Å². The summed E-state index contributed by atoms with van der Waals surface area (Å²) in [5.41, 5.74) is 2.46. The number of nitrogens with zero attached hydrogens (tertiary/aromatic N) is 2. The van der Waals surface area contributed by atoms with Crippen LogP contribution >= 0.6 is 0 Å². The third-order valence-electron chi connectivity index (χ3n) is 4.48. The molecule has 0 saturated carbocycles. The SMILES string of the molecule is C=C/C=c1/c(=O)n2c3ccccc3nc2c2ccc(C(=O)O)c(C)c12. The summed E-state index contributed by atoms with van der Waals surface area (Å²) in [7, 11) is 0. The Labute approximate surface area is 142 Å². The van der Waals surface area contributed by atoms with E-state index in [1.54, 1.807) is 29.5 Å². The minimum Gasteiger partial charge on any atom is -0.478 e. The van der Waals surface area contributed by atoms with Crippen LogP contribution in [-0.4, -0.2) is 20.5 Å². The van der Waals surface area contributed by atoms with E-state index in [0.29, 0.717) is 21.8 Å². The molecule has 0 unspecified atom stereocenters. The van der Waals surface area contributed by atoms with Gasteiger partial charge in [0.25, 0.3) is 5.56 Å². The number of benzene rings is 2. The Morgan fingerprint density at radius 1 is 1.24 bits per heavy atom. The average Bonchev–Trinajstić information content (AvgIpc) is 2.98. The molecule has 0 aliphatic heterocycles. The van der Waals surface area contributed by atoms with Gasteiger partial charge in [-0.05, 0) is 42.8 Å². The number of hydrogen-bond acceptors (Lipinski definition) is 3. The maximum Gasteiger partial charge on any atom is 0.335 e. The molecule has 1 N–H and O–H groups in total. The number of rotatable bonds is 2. The van der Waals surface area contributed by atoms with Gasteiger partial charge in [-0.25, -0.2) is 9.78 Å². The minimum atomic E-state index is -1.02. The first-order valence-electron chi connectivity index (χ1n) is 7.77. The third-order valence-corrected chi connectivity index (χ3v) is 4.48. The van der Waals surface area contributed by atoms with Gasteiger partial charge in [-0.3, -0.25) is 9.20 Å². The summed E-state index contributed by atoms with van der Waals surface area (Å²) in [6.45, 7) is 5.40. The topological polar surface area (TPSA) is 71.7 Å². The summed E-state index contributed by atoms with van der Waals surface area (Å²) >= 11 is 0. The van der Waals surface area contributed by atoms with E-state index in [1.165, 1.54) is 6.08 Å². The molecule has 5 heteroatoms. The Bertz CT molecular complexity index is 1320. The number of carboxylic acids is 1. The second-order valence-corrected chi connectivity index (χ2v) is 5.85. The van der Waals surface area contributed by atoms with Gasteiger partial charge in [0.1, 0.15) is 5.65 Å². The molecule has 122 valence electrons. The molecule has 0 bridgehead atoms. The van der Waals surface area contributed by atoms with Crippen LogP contribution in [-0.2, 0) is 0 Å². The van der Waals surface area contributed by atoms with Crippen molar-refractivity contribution in [3.8, 4) is 0 Å². The Morgan fingerprint density at radius 3 is 2.72 bits per heavy atom. The zero-order valence-corrected chi connectivity index (χ0v) is 13.5. The van der Waals surface area contributed by atoms with E-state index in [0.717, 1.165) is 16.4 Å². The molecule has 0 atom stereocenters. The summed E-state index contributed by atoms with van der Waals surface area (Å²) in [4.78, 5) is 29.2. The number of aromatic carboxylic acids is 1. The maximum absolute atomic E-state index is 13.1. The summed E-state index contributed by atoms with van der Waals surface area (Å²) in [6, 6.07) is 10.7. The van der Waals surface area contributed by atoms with Crippen molar-refractivity contribution in [2.75, 3.05) is 0 Å². The first-order valence-corrected chi connectivity index (χ1v) is 7.77. The van der Waals surface area contributed by atoms with Crippen LogP contribution in [0, 0.1) is 6.92 Å². The van der Waals surface area contributed by atoms with Crippen molar-refractivity contribution in [3.05, 3.63) is 75.8 Å². The quantitative estimate of drug-likeness (QED) is 0.613. The molecule has 4 aromatic rings. The molecule has 0 aliphatic rings. The fourth-order valence-electron chi connectivity index (χ4n) is 3.39. The number of aromatic nitrogens is 2. The molecule has 4 rings (SSSR count). The van der Waals surface area contributed by atoms with E-state index in [4.69, 9.17) is 0 Å². The van der Waals surface area contributed by atoms with E-state index < -0.39 is 5.97 Å². The van der Waals surface area contributed by atoms with Gasteiger partial charge in [0.05, 0.1) is 16.6 Å². The Morgan fingerprint density at radius 2 is 2.00 bits per heavy atom. The van der Waals surface area contributed by atoms with Gasteiger partial charge in [-0.1, -0.05) is 24.8 Å². The normalized spacial score (nSPS) is 12.3. The van der Waals surface area contributed by atoms with E-state index in [2.05, 4.69) is 11.6 Å². The molecule has 5 nitrogen and oxygen atoms in total. The molecule has 0 aliphatic carbocycles. The Balaban J connectivity index is 2.41. The molecule has 0 radical (unpaired) electrons. The maximum atomic E-state index is 13.1. The van der Waals surface area contributed by atoms with E-state index in [1.807, 2.05) is 24.3 Å². The van der Waals surface area contributed by atoms with Gasteiger partial charge in [-0.2, -0.15) is 0 Å². The van der Waals surface area contributed by atoms with Gasteiger partial charge in [0.15, 0.2) is 0 Å². The summed E-state index contributed by atoms with van der Waals surface area (Å²) in [5.74, 6) is -1.02. The number of pyridine rings is 1. The van der Waals surface area contributed by atoms with Crippen LogP contribution in [0.15, 0.2) is 53.8 Å². The fraction of sp³-hybridized carbons (Fsp3) is 0.0500. The smallest absolute Gasteiger partial charge is 0.335 e. The van der Waals surface area contributed by atoms with Crippen LogP contribution in [0.25, 0.3) is 33.5 Å². The number of allylic oxidation sites excluding steroid dienone is 1. The van der Waals surface area contributed by atoms with E-state index >= 15 is 0 Å². The number of para-hydroxylation sites is 2. The second-order valence-electron chi connectivity index (χ2n) is 5.85. The van der Waals surface area contributed by atoms with Crippen molar-refractivity contribution in [1.29, 1.82) is 0 Å². The number of hydrogen-bond donors (Lipinski definition) is 1. The summed E-state index contributed by atoms with van der Waals surface area (Å²) in [5, 5.41) is 11.2. The average molecular weight is 330 g/mol. The monoisotopic (exact) mass is 330 g/mol. The van der Waals surface area contributed by atoms with E-state index in [-0.39, 0.29) is 11.1 Å². The molecule has 25 heavy (non-hydrogen) atoms. The highest BCUT2D eigenvalue weighted by molar-refractivity contribution is 6.04.